The quantitative estimate of drug-likeness (QED) is 0.812. The van der Waals surface area contributed by atoms with Crippen LogP contribution in [-0.2, 0) is 16.1 Å². The van der Waals surface area contributed by atoms with E-state index in [1.165, 1.54) is 0 Å². The molecular weight excluding hydrogens is 294 g/mol. The summed E-state index contributed by atoms with van der Waals surface area (Å²) in [5.74, 6) is -0.237. The first-order valence-electron chi connectivity index (χ1n) is 8.07. The number of esters is 1. The maximum Gasteiger partial charge on any atom is 0.310 e. The Morgan fingerprint density at radius 1 is 1.39 bits per heavy atom. The lowest BCUT2D eigenvalue weighted by Gasteiger charge is -2.31. The number of fused-ring (bicyclic) bond motifs is 1. The van der Waals surface area contributed by atoms with Crippen LogP contribution in [0.2, 0.25) is 0 Å². The zero-order valence-corrected chi connectivity index (χ0v) is 13.3. The number of piperidine rings is 1. The summed E-state index contributed by atoms with van der Waals surface area (Å²) < 4.78 is 10.7. The SMILES string of the molecule is CCOC(=O)[C@@H]1CCCN(Cc2coc3ccccc3c2=O)C1. The van der Waals surface area contributed by atoms with E-state index >= 15 is 0 Å². The third-order valence-corrected chi connectivity index (χ3v) is 4.27. The van der Waals surface area contributed by atoms with Gasteiger partial charge in [-0.2, -0.15) is 0 Å². The Morgan fingerprint density at radius 3 is 3.04 bits per heavy atom. The second-order valence-electron chi connectivity index (χ2n) is 5.91. The molecule has 1 aromatic heterocycles. The van der Waals surface area contributed by atoms with E-state index < -0.39 is 0 Å². The fraction of sp³-hybridized carbons (Fsp3) is 0.444. The molecule has 0 amide bonds. The zero-order valence-electron chi connectivity index (χ0n) is 13.3. The van der Waals surface area contributed by atoms with Crippen LogP contribution in [0.4, 0.5) is 0 Å². The number of carbonyl (C=O) groups is 1. The van der Waals surface area contributed by atoms with Crippen LogP contribution in [0.15, 0.2) is 39.7 Å². The molecule has 0 spiro atoms. The number of carbonyl (C=O) groups excluding carboxylic acids is 1. The lowest BCUT2D eigenvalue weighted by molar-refractivity contribution is -0.150. The molecule has 1 atom stereocenters. The Balaban J connectivity index is 1.75. The highest BCUT2D eigenvalue weighted by atomic mass is 16.5. The highest BCUT2D eigenvalue weighted by Gasteiger charge is 2.27. The molecule has 0 saturated carbocycles. The van der Waals surface area contributed by atoms with E-state index in [-0.39, 0.29) is 17.3 Å². The molecule has 1 aliphatic heterocycles. The average Bonchev–Trinajstić information content (AvgIpc) is 2.58. The van der Waals surface area contributed by atoms with Crippen molar-refractivity contribution in [3.63, 3.8) is 0 Å². The molecule has 0 N–H and O–H groups in total. The number of ether oxygens (including phenoxy) is 1. The van der Waals surface area contributed by atoms with Gasteiger partial charge in [0.05, 0.1) is 24.2 Å². The van der Waals surface area contributed by atoms with Crippen molar-refractivity contribution in [1.29, 1.82) is 0 Å². The molecule has 2 aromatic rings. The molecule has 23 heavy (non-hydrogen) atoms. The normalized spacial score (nSPS) is 18.9. The van der Waals surface area contributed by atoms with Crippen LogP contribution in [0, 0.1) is 5.92 Å². The first kappa shape index (κ1) is 15.7. The van der Waals surface area contributed by atoms with Gasteiger partial charge in [-0.3, -0.25) is 14.5 Å². The van der Waals surface area contributed by atoms with Crippen molar-refractivity contribution < 1.29 is 13.9 Å². The van der Waals surface area contributed by atoms with Crippen molar-refractivity contribution in [2.45, 2.75) is 26.3 Å². The third-order valence-electron chi connectivity index (χ3n) is 4.27. The summed E-state index contributed by atoms with van der Waals surface area (Å²) in [7, 11) is 0. The number of para-hydroxylation sites is 1. The van der Waals surface area contributed by atoms with Crippen molar-refractivity contribution >= 4 is 16.9 Å². The summed E-state index contributed by atoms with van der Waals surface area (Å²) in [6, 6.07) is 7.25. The van der Waals surface area contributed by atoms with Crippen LogP contribution in [0.3, 0.4) is 0 Å². The Labute approximate surface area is 134 Å². The first-order valence-corrected chi connectivity index (χ1v) is 8.07. The van der Waals surface area contributed by atoms with Crippen molar-refractivity contribution in [2.24, 2.45) is 5.92 Å². The molecule has 0 unspecified atom stereocenters. The van der Waals surface area contributed by atoms with Crippen LogP contribution in [0.25, 0.3) is 11.0 Å². The minimum absolute atomic E-state index is 0.00473. The molecule has 3 rings (SSSR count). The molecule has 5 heteroatoms. The molecule has 2 heterocycles. The number of hydrogen-bond donors (Lipinski definition) is 0. The molecular formula is C18H21NO4. The number of likely N-dealkylation sites (tertiary alicyclic amines) is 1. The van der Waals surface area contributed by atoms with Crippen molar-refractivity contribution in [1.82, 2.24) is 4.90 Å². The van der Waals surface area contributed by atoms with E-state index in [0.29, 0.717) is 36.2 Å². The van der Waals surface area contributed by atoms with Crippen molar-refractivity contribution in [3.8, 4) is 0 Å². The summed E-state index contributed by atoms with van der Waals surface area (Å²) >= 11 is 0. The second kappa shape index (κ2) is 6.96. The van der Waals surface area contributed by atoms with E-state index in [4.69, 9.17) is 9.15 Å². The van der Waals surface area contributed by atoms with Crippen LogP contribution in [-0.4, -0.2) is 30.6 Å². The van der Waals surface area contributed by atoms with E-state index in [2.05, 4.69) is 4.90 Å². The lowest BCUT2D eigenvalue weighted by Crippen LogP contribution is -2.39. The van der Waals surface area contributed by atoms with Gasteiger partial charge in [-0.05, 0) is 38.4 Å². The van der Waals surface area contributed by atoms with Crippen molar-refractivity contribution in [2.75, 3.05) is 19.7 Å². The highest BCUT2D eigenvalue weighted by Crippen LogP contribution is 2.20. The fourth-order valence-electron chi connectivity index (χ4n) is 3.12. The molecule has 0 aliphatic carbocycles. The maximum absolute atomic E-state index is 12.5. The van der Waals surface area contributed by atoms with Gasteiger partial charge < -0.3 is 9.15 Å². The number of nitrogens with zero attached hydrogens (tertiary/aromatic N) is 1. The number of rotatable bonds is 4. The number of hydrogen-bond acceptors (Lipinski definition) is 5. The van der Waals surface area contributed by atoms with E-state index in [0.717, 1.165) is 19.4 Å². The van der Waals surface area contributed by atoms with Gasteiger partial charge in [-0.25, -0.2) is 0 Å². The minimum atomic E-state index is -0.136. The molecule has 1 aliphatic rings. The molecule has 1 fully saturated rings. The summed E-state index contributed by atoms with van der Waals surface area (Å²) in [6.07, 6.45) is 3.32. The molecule has 122 valence electrons. The minimum Gasteiger partial charge on any atom is -0.466 e. The van der Waals surface area contributed by atoms with Crippen LogP contribution in [0.1, 0.15) is 25.3 Å². The Bertz CT molecular complexity index is 752. The standard InChI is InChI=1S/C18H21NO4/c1-2-22-18(21)13-6-5-9-19(10-13)11-14-12-23-16-8-4-3-7-15(16)17(14)20/h3-4,7-8,12-13H,2,5-6,9-11H2,1H3/t13-/m1/s1. The number of benzene rings is 1. The zero-order chi connectivity index (χ0) is 16.2. The molecule has 5 nitrogen and oxygen atoms in total. The van der Waals surface area contributed by atoms with E-state index in [1.54, 1.807) is 18.4 Å². The largest absolute Gasteiger partial charge is 0.466 e. The monoisotopic (exact) mass is 315 g/mol. The Kier molecular flexibility index (Phi) is 4.76. The van der Waals surface area contributed by atoms with Gasteiger partial charge in [0.2, 0.25) is 0 Å². The average molecular weight is 315 g/mol. The van der Waals surface area contributed by atoms with Gasteiger partial charge in [0, 0.05) is 18.7 Å². The van der Waals surface area contributed by atoms with Crippen LogP contribution >= 0.6 is 0 Å². The van der Waals surface area contributed by atoms with Gasteiger partial charge >= 0.3 is 5.97 Å². The molecule has 1 saturated heterocycles. The van der Waals surface area contributed by atoms with Gasteiger partial charge in [0.15, 0.2) is 5.43 Å². The molecule has 0 radical (unpaired) electrons. The van der Waals surface area contributed by atoms with Crippen molar-refractivity contribution in [3.05, 3.63) is 46.3 Å². The topological polar surface area (TPSA) is 59.8 Å². The Morgan fingerprint density at radius 2 is 2.22 bits per heavy atom. The molecule has 0 bridgehead atoms. The molecule has 1 aromatic carbocycles. The fourth-order valence-corrected chi connectivity index (χ4v) is 3.12. The van der Waals surface area contributed by atoms with Crippen LogP contribution < -0.4 is 5.43 Å². The summed E-state index contributed by atoms with van der Waals surface area (Å²) in [5.41, 5.74) is 1.24. The van der Waals surface area contributed by atoms with Gasteiger partial charge in [0.25, 0.3) is 0 Å². The Hall–Kier alpha value is -2.14. The van der Waals surface area contributed by atoms with Gasteiger partial charge in [0.1, 0.15) is 5.58 Å². The second-order valence-corrected chi connectivity index (χ2v) is 5.91. The van der Waals surface area contributed by atoms with E-state index in [9.17, 15) is 9.59 Å². The first-order chi connectivity index (χ1) is 11.2. The summed E-state index contributed by atoms with van der Waals surface area (Å²) in [6.45, 7) is 4.23. The van der Waals surface area contributed by atoms with Gasteiger partial charge in [-0.1, -0.05) is 12.1 Å². The maximum atomic E-state index is 12.5. The predicted octanol–water partition coefficient (Wildman–Crippen LogP) is 2.57. The van der Waals surface area contributed by atoms with E-state index in [1.807, 2.05) is 19.1 Å². The van der Waals surface area contributed by atoms with Crippen LogP contribution in [0.5, 0.6) is 0 Å². The third kappa shape index (κ3) is 3.45. The highest BCUT2D eigenvalue weighted by molar-refractivity contribution is 5.76. The smallest absolute Gasteiger partial charge is 0.310 e. The van der Waals surface area contributed by atoms with Gasteiger partial charge in [-0.15, -0.1) is 0 Å². The predicted molar refractivity (Wildman–Crippen MR) is 87.1 cm³/mol. The summed E-state index contributed by atoms with van der Waals surface area (Å²) in [5, 5.41) is 0.601. The summed E-state index contributed by atoms with van der Waals surface area (Å²) in [4.78, 5) is 26.6. The lowest BCUT2D eigenvalue weighted by atomic mass is 9.98.